The number of amides is 2. The van der Waals surface area contributed by atoms with Gasteiger partial charge in [-0.25, -0.2) is 0 Å². The molecular weight excluding hydrogens is 521 g/mol. The smallest absolute Gasteiger partial charge is 0.255 e. The molecular formula is C24H24IN3O4. The minimum atomic E-state index is -0.836. The van der Waals surface area contributed by atoms with Crippen LogP contribution >= 0.6 is 22.6 Å². The van der Waals surface area contributed by atoms with Gasteiger partial charge < -0.3 is 20.1 Å². The van der Waals surface area contributed by atoms with E-state index in [9.17, 15) is 14.9 Å². The zero-order valence-electron chi connectivity index (χ0n) is 17.5. The molecule has 1 fully saturated rings. The van der Waals surface area contributed by atoms with E-state index in [0.717, 1.165) is 27.7 Å². The molecule has 5 rings (SSSR count). The third-order valence-corrected chi connectivity index (χ3v) is 6.41. The molecule has 166 valence electrons. The Hall–Kier alpha value is -2.80. The van der Waals surface area contributed by atoms with Gasteiger partial charge in [-0.1, -0.05) is 18.2 Å². The van der Waals surface area contributed by atoms with Gasteiger partial charge >= 0.3 is 0 Å². The highest BCUT2D eigenvalue weighted by atomic mass is 127. The van der Waals surface area contributed by atoms with Crippen LogP contribution in [0.4, 0.5) is 0 Å². The van der Waals surface area contributed by atoms with E-state index in [-0.39, 0.29) is 11.8 Å². The lowest BCUT2D eigenvalue weighted by atomic mass is 10.0. The molecule has 2 bridgehead atoms. The summed E-state index contributed by atoms with van der Waals surface area (Å²) >= 11 is 2.21. The summed E-state index contributed by atoms with van der Waals surface area (Å²) in [4.78, 5) is 26.2. The maximum atomic E-state index is 13.1. The topological polar surface area (TPSA) is 100 Å². The Balaban J connectivity index is 1.64. The van der Waals surface area contributed by atoms with Crippen LogP contribution < -0.4 is 20.1 Å². The van der Waals surface area contributed by atoms with E-state index in [0.29, 0.717) is 43.8 Å². The van der Waals surface area contributed by atoms with Crippen molar-refractivity contribution in [3.8, 4) is 17.6 Å². The molecule has 1 saturated carbocycles. The SMILES string of the molecule is N#CC1(NC(=O)[C@@H]2Cc3ccc(c(I)c3)OCCCCOc3ccccc3C(=O)N2)CC1. The number of carbonyl (C=O) groups is 2. The maximum Gasteiger partial charge on any atom is 0.255 e. The first-order valence-electron chi connectivity index (χ1n) is 10.7. The summed E-state index contributed by atoms with van der Waals surface area (Å²) in [6.45, 7) is 1.03. The molecule has 0 aromatic heterocycles. The van der Waals surface area contributed by atoms with Crippen LogP contribution in [0.25, 0.3) is 0 Å². The molecule has 7 nitrogen and oxygen atoms in total. The van der Waals surface area contributed by atoms with E-state index in [1.54, 1.807) is 18.2 Å². The van der Waals surface area contributed by atoms with Gasteiger partial charge in [-0.2, -0.15) is 5.26 Å². The summed E-state index contributed by atoms with van der Waals surface area (Å²) in [5.74, 6) is 0.515. The van der Waals surface area contributed by atoms with Crippen molar-refractivity contribution < 1.29 is 19.1 Å². The fourth-order valence-electron chi connectivity index (χ4n) is 3.53. The number of fused-ring (bicyclic) bond motifs is 10. The van der Waals surface area contributed by atoms with Crippen molar-refractivity contribution in [1.82, 2.24) is 10.6 Å². The molecule has 0 unspecified atom stereocenters. The fourth-order valence-corrected chi connectivity index (χ4v) is 4.27. The quantitative estimate of drug-likeness (QED) is 0.564. The number of nitrogens with one attached hydrogen (secondary N) is 2. The molecule has 2 aromatic rings. The summed E-state index contributed by atoms with van der Waals surface area (Å²) in [5.41, 5.74) is 0.449. The highest BCUT2D eigenvalue weighted by Gasteiger charge is 2.45. The van der Waals surface area contributed by atoms with Gasteiger partial charge in [0.05, 0.1) is 28.4 Å². The lowest BCUT2D eigenvalue weighted by Gasteiger charge is -2.22. The first-order chi connectivity index (χ1) is 15.5. The Morgan fingerprint density at radius 2 is 1.84 bits per heavy atom. The standard InChI is InChI=1S/C24H24IN3O4/c25-18-13-16-7-8-21(18)32-12-4-3-11-31-20-6-2-1-5-17(20)22(29)27-19(14-16)23(30)28-24(15-26)9-10-24/h1-2,5-8,13,19H,3-4,9-12,14H2,(H,27,29)(H,28,30)/t19-/m0/s1. The van der Waals surface area contributed by atoms with E-state index >= 15 is 0 Å². The van der Waals surface area contributed by atoms with E-state index in [1.807, 2.05) is 24.3 Å². The van der Waals surface area contributed by atoms with Crippen molar-refractivity contribution in [3.05, 3.63) is 57.2 Å². The molecule has 2 heterocycles. The summed E-state index contributed by atoms with van der Waals surface area (Å²) in [6.07, 6.45) is 3.15. The van der Waals surface area contributed by atoms with Gasteiger partial charge in [0.15, 0.2) is 0 Å². The van der Waals surface area contributed by atoms with E-state index in [4.69, 9.17) is 9.47 Å². The lowest BCUT2D eigenvalue weighted by Crippen LogP contribution is -2.51. The van der Waals surface area contributed by atoms with E-state index < -0.39 is 11.6 Å². The Morgan fingerprint density at radius 1 is 1.12 bits per heavy atom. The monoisotopic (exact) mass is 545 g/mol. The van der Waals surface area contributed by atoms with Crippen LogP contribution in [0.2, 0.25) is 0 Å². The molecule has 8 heteroatoms. The zero-order valence-corrected chi connectivity index (χ0v) is 19.7. The number of nitrogens with zero attached hydrogens (tertiary/aromatic N) is 1. The minimum absolute atomic E-state index is 0.290. The van der Waals surface area contributed by atoms with Crippen LogP contribution in [0.5, 0.6) is 11.5 Å². The average Bonchev–Trinajstić information content (AvgIpc) is 3.56. The summed E-state index contributed by atoms with van der Waals surface area (Å²) < 4.78 is 12.7. The number of halogens is 1. The van der Waals surface area contributed by atoms with Gasteiger partial charge in [0.2, 0.25) is 5.91 Å². The van der Waals surface area contributed by atoms with Crippen molar-refractivity contribution in [2.75, 3.05) is 13.2 Å². The Labute approximate surface area is 200 Å². The molecule has 1 aliphatic carbocycles. The van der Waals surface area contributed by atoms with Crippen LogP contribution in [-0.4, -0.2) is 36.6 Å². The third kappa shape index (κ3) is 5.33. The lowest BCUT2D eigenvalue weighted by molar-refractivity contribution is -0.123. The summed E-state index contributed by atoms with van der Waals surface area (Å²) in [7, 11) is 0. The number of ether oxygens (including phenoxy) is 2. The number of hydrogen-bond donors (Lipinski definition) is 2. The first kappa shape index (κ1) is 22.4. The molecule has 0 radical (unpaired) electrons. The van der Waals surface area contributed by atoms with Crippen molar-refractivity contribution >= 4 is 34.4 Å². The summed E-state index contributed by atoms with van der Waals surface area (Å²) in [5, 5.41) is 15.0. The molecule has 0 saturated heterocycles. The predicted octanol–water partition coefficient (Wildman–Crippen LogP) is 3.36. The van der Waals surface area contributed by atoms with Gasteiger partial charge in [0, 0.05) is 6.42 Å². The molecule has 2 aliphatic heterocycles. The van der Waals surface area contributed by atoms with Crippen LogP contribution in [0.3, 0.4) is 0 Å². The molecule has 2 amide bonds. The van der Waals surface area contributed by atoms with Crippen molar-refractivity contribution in [3.63, 3.8) is 0 Å². The van der Waals surface area contributed by atoms with Gasteiger partial charge in [-0.05, 0) is 78.1 Å². The molecule has 2 aromatic carbocycles. The number of nitriles is 1. The predicted molar refractivity (Wildman–Crippen MR) is 127 cm³/mol. The fraction of sp³-hybridized carbons (Fsp3) is 0.375. The van der Waals surface area contributed by atoms with Gasteiger partial charge in [0.25, 0.3) is 5.91 Å². The minimum Gasteiger partial charge on any atom is -0.493 e. The molecule has 0 spiro atoms. The summed E-state index contributed by atoms with van der Waals surface area (Å²) in [6, 6.07) is 14.1. The highest BCUT2D eigenvalue weighted by molar-refractivity contribution is 14.1. The van der Waals surface area contributed by atoms with Gasteiger partial charge in [-0.15, -0.1) is 0 Å². The zero-order chi connectivity index (χ0) is 22.6. The normalized spacial score (nSPS) is 20.0. The Kier molecular flexibility index (Phi) is 6.84. The number of benzene rings is 2. The van der Waals surface area contributed by atoms with Crippen LogP contribution in [-0.2, 0) is 11.2 Å². The van der Waals surface area contributed by atoms with E-state index in [1.165, 1.54) is 0 Å². The van der Waals surface area contributed by atoms with E-state index in [2.05, 4.69) is 39.3 Å². The number of carbonyl (C=O) groups excluding carboxylic acids is 2. The second kappa shape index (κ2) is 9.77. The third-order valence-electron chi connectivity index (χ3n) is 5.57. The molecule has 3 aliphatic rings. The van der Waals surface area contributed by atoms with Crippen molar-refractivity contribution in [2.45, 2.75) is 43.7 Å². The molecule has 2 N–H and O–H groups in total. The number of hydrogen-bond acceptors (Lipinski definition) is 5. The first-order valence-corrected chi connectivity index (χ1v) is 11.7. The van der Waals surface area contributed by atoms with Crippen LogP contribution in [0.15, 0.2) is 42.5 Å². The van der Waals surface area contributed by atoms with Crippen molar-refractivity contribution in [2.24, 2.45) is 0 Å². The Bertz CT molecular complexity index is 1060. The number of para-hydroxylation sites is 1. The second-order valence-electron chi connectivity index (χ2n) is 8.08. The molecule has 1 atom stereocenters. The van der Waals surface area contributed by atoms with Crippen LogP contribution in [0, 0.1) is 14.9 Å². The van der Waals surface area contributed by atoms with Crippen molar-refractivity contribution in [1.29, 1.82) is 5.26 Å². The highest BCUT2D eigenvalue weighted by Crippen LogP contribution is 2.34. The van der Waals surface area contributed by atoms with Gasteiger partial charge in [-0.3, -0.25) is 9.59 Å². The molecule has 32 heavy (non-hydrogen) atoms. The maximum absolute atomic E-state index is 13.1. The number of rotatable bonds is 2. The largest absolute Gasteiger partial charge is 0.493 e. The Morgan fingerprint density at radius 3 is 2.53 bits per heavy atom. The van der Waals surface area contributed by atoms with Gasteiger partial charge in [0.1, 0.15) is 23.1 Å². The van der Waals surface area contributed by atoms with Crippen LogP contribution in [0.1, 0.15) is 41.6 Å². The average molecular weight is 545 g/mol. The second-order valence-corrected chi connectivity index (χ2v) is 9.24.